The second kappa shape index (κ2) is 5.85. The van der Waals surface area contributed by atoms with Crippen molar-refractivity contribution in [1.29, 1.82) is 0 Å². The van der Waals surface area contributed by atoms with Crippen LogP contribution in [-0.4, -0.2) is 29.1 Å². The zero-order valence-corrected chi connectivity index (χ0v) is 12.1. The van der Waals surface area contributed by atoms with E-state index >= 15 is 0 Å². The van der Waals surface area contributed by atoms with Crippen LogP contribution < -0.4 is 0 Å². The third-order valence-corrected chi connectivity index (χ3v) is 4.31. The maximum atomic E-state index is 10.9. The summed E-state index contributed by atoms with van der Waals surface area (Å²) in [6, 6.07) is 8.70. The van der Waals surface area contributed by atoms with E-state index in [-0.39, 0.29) is 5.92 Å². The summed E-state index contributed by atoms with van der Waals surface area (Å²) >= 11 is 3.44. The molecular formula is C14H18BrNO2. The fourth-order valence-corrected chi connectivity index (χ4v) is 2.75. The summed E-state index contributed by atoms with van der Waals surface area (Å²) in [5.41, 5.74) is 1.28. The number of aliphatic carboxylic acids is 1. The summed E-state index contributed by atoms with van der Waals surface area (Å²) in [6.45, 7) is 3.92. The molecule has 1 aliphatic rings. The first kappa shape index (κ1) is 13.6. The van der Waals surface area contributed by atoms with Crippen molar-refractivity contribution in [3.05, 3.63) is 34.3 Å². The van der Waals surface area contributed by atoms with E-state index in [0.717, 1.165) is 30.4 Å². The second-order valence-electron chi connectivity index (χ2n) is 4.88. The summed E-state index contributed by atoms with van der Waals surface area (Å²) in [4.78, 5) is 13.3. The number of rotatable bonds is 3. The predicted molar refractivity (Wildman–Crippen MR) is 74.5 cm³/mol. The Morgan fingerprint density at radius 3 is 2.39 bits per heavy atom. The van der Waals surface area contributed by atoms with Crippen molar-refractivity contribution in [3.63, 3.8) is 0 Å². The van der Waals surface area contributed by atoms with Crippen molar-refractivity contribution in [2.75, 3.05) is 13.1 Å². The lowest BCUT2D eigenvalue weighted by atomic mass is 9.95. The number of hydrogen-bond acceptors (Lipinski definition) is 2. The lowest BCUT2D eigenvalue weighted by Gasteiger charge is -2.35. The molecule has 1 atom stereocenters. The normalized spacial score (nSPS) is 19.7. The Bertz CT molecular complexity index is 410. The minimum atomic E-state index is -0.647. The van der Waals surface area contributed by atoms with E-state index in [1.54, 1.807) is 0 Å². The number of likely N-dealkylation sites (tertiary alicyclic amines) is 1. The molecule has 1 unspecified atom stereocenters. The van der Waals surface area contributed by atoms with Crippen molar-refractivity contribution in [2.45, 2.75) is 25.8 Å². The highest BCUT2D eigenvalue weighted by molar-refractivity contribution is 9.10. The van der Waals surface area contributed by atoms with E-state index in [1.807, 2.05) is 0 Å². The van der Waals surface area contributed by atoms with Crippen molar-refractivity contribution >= 4 is 21.9 Å². The first-order chi connectivity index (χ1) is 8.58. The third kappa shape index (κ3) is 3.12. The highest BCUT2D eigenvalue weighted by Crippen LogP contribution is 2.27. The molecule has 0 bridgehead atoms. The Morgan fingerprint density at radius 1 is 1.33 bits per heavy atom. The van der Waals surface area contributed by atoms with Gasteiger partial charge in [0.15, 0.2) is 0 Å². The second-order valence-corrected chi connectivity index (χ2v) is 5.79. The van der Waals surface area contributed by atoms with Crippen LogP contribution in [0.25, 0.3) is 0 Å². The van der Waals surface area contributed by atoms with Gasteiger partial charge in [-0.25, -0.2) is 0 Å². The van der Waals surface area contributed by atoms with Crippen LogP contribution in [0.15, 0.2) is 28.7 Å². The Labute approximate surface area is 116 Å². The fourth-order valence-electron chi connectivity index (χ4n) is 2.49. The molecule has 1 aromatic rings. The van der Waals surface area contributed by atoms with Crippen molar-refractivity contribution in [2.24, 2.45) is 5.92 Å². The average Bonchev–Trinajstić information content (AvgIpc) is 2.39. The quantitative estimate of drug-likeness (QED) is 0.931. The van der Waals surface area contributed by atoms with Gasteiger partial charge in [-0.15, -0.1) is 0 Å². The van der Waals surface area contributed by atoms with Crippen LogP contribution in [0, 0.1) is 5.92 Å². The van der Waals surface area contributed by atoms with E-state index in [1.165, 1.54) is 5.56 Å². The lowest BCUT2D eigenvalue weighted by Crippen LogP contribution is -2.37. The molecule has 18 heavy (non-hydrogen) atoms. The summed E-state index contributed by atoms with van der Waals surface area (Å²) in [5, 5.41) is 8.99. The van der Waals surface area contributed by atoms with Gasteiger partial charge < -0.3 is 5.11 Å². The number of halogens is 1. The molecule has 2 rings (SSSR count). The molecule has 1 N–H and O–H groups in total. The number of nitrogens with zero attached hydrogens (tertiary/aromatic N) is 1. The van der Waals surface area contributed by atoms with Gasteiger partial charge in [-0.3, -0.25) is 9.69 Å². The molecule has 98 valence electrons. The Kier molecular flexibility index (Phi) is 4.40. The number of carbonyl (C=O) groups is 1. The van der Waals surface area contributed by atoms with Crippen molar-refractivity contribution in [1.82, 2.24) is 4.90 Å². The fraction of sp³-hybridized carbons (Fsp3) is 0.500. The Balaban J connectivity index is 1.97. The summed E-state index contributed by atoms with van der Waals surface area (Å²) in [7, 11) is 0. The number of carboxylic acid groups (broad SMARTS) is 1. The number of carboxylic acids is 1. The van der Waals surface area contributed by atoms with Gasteiger partial charge in [-0.05, 0) is 50.6 Å². The molecule has 1 aromatic carbocycles. The molecule has 1 fully saturated rings. The maximum absolute atomic E-state index is 10.9. The van der Waals surface area contributed by atoms with Crippen LogP contribution in [0.1, 0.15) is 31.4 Å². The largest absolute Gasteiger partial charge is 0.481 e. The van der Waals surface area contributed by atoms with E-state index in [0.29, 0.717) is 6.04 Å². The molecule has 1 heterocycles. The monoisotopic (exact) mass is 311 g/mol. The molecule has 0 spiro atoms. The Morgan fingerprint density at radius 2 is 1.89 bits per heavy atom. The Hall–Kier alpha value is -0.870. The van der Waals surface area contributed by atoms with E-state index in [9.17, 15) is 4.79 Å². The van der Waals surface area contributed by atoms with Gasteiger partial charge in [0.05, 0.1) is 5.92 Å². The molecule has 4 heteroatoms. The predicted octanol–water partition coefficient (Wildman–Crippen LogP) is 3.31. The number of piperidine rings is 1. The molecule has 0 amide bonds. The molecule has 1 aliphatic heterocycles. The van der Waals surface area contributed by atoms with E-state index < -0.39 is 5.97 Å². The standard InChI is InChI=1S/C14H18BrNO2/c1-10(11-2-4-13(15)5-3-11)16-8-6-12(7-9-16)14(17)18/h2-5,10,12H,6-9H2,1H3,(H,17,18). The first-order valence-electron chi connectivity index (χ1n) is 6.30. The third-order valence-electron chi connectivity index (χ3n) is 3.78. The highest BCUT2D eigenvalue weighted by Gasteiger charge is 2.27. The van der Waals surface area contributed by atoms with Gasteiger partial charge in [0.25, 0.3) is 0 Å². The van der Waals surface area contributed by atoms with Crippen molar-refractivity contribution in [3.8, 4) is 0 Å². The van der Waals surface area contributed by atoms with Gasteiger partial charge in [0.2, 0.25) is 0 Å². The first-order valence-corrected chi connectivity index (χ1v) is 7.09. The SMILES string of the molecule is CC(c1ccc(Br)cc1)N1CCC(C(=O)O)CC1. The molecule has 0 aliphatic carbocycles. The minimum Gasteiger partial charge on any atom is -0.481 e. The zero-order valence-electron chi connectivity index (χ0n) is 10.5. The molecule has 1 saturated heterocycles. The van der Waals surface area contributed by atoms with Gasteiger partial charge in [0, 0.05) is 10.5 Å². The molecule has 0 radical (unpaired) electrons. The maximum Gasteiger partial charge on any atom is 0.306 e. The van der Waals surface area contributed by atoms with Gasteiger partial charge in [-0.1, -0.05) is 28.1 Å². The molecule has 0 saturated carbocycles. The number of hydrogen-bond donors (Lipinski definition) is 1. The lowest BCUT2D eigenvalue weighted by molar-refractivity contribution is -0.143. The number of benzene rings is 1. The van der Waals surface area contributed by atoms with E-state index in [2.05, 4.69) is 52.0 Å². The topological polar surface area (TPSA) is 40.5 Å². The van der Waals surface area contributed by atoms with Crippen LogP contribution in [0.3, 0.4) is 0 Å². The summed E-state index contributed by atoms with van der Waals surface area (Å²) in [5.74, 6) is -0.802. The average molecular weight is 312 g/mol. The van der Waals surface area contributed by atoms with E-state index in [4.69, 9.17) is 5.11 Å². The summed E-state index contributed by atoms with van der Waals surface area (Å²) < 4.78 is 1.09. The molecular weight excluding hydrogens is 294 g/mol. The van der Waals surface area contributed by atoms with Crippen molar-refractivity contribution < 1.29 is 9.90 Å². The highest BCUT2D eigenvalue weighted by atomic mass is 79.9. The zero-order chi connectivity index (χ0) is 13.1. The summed E-state index contributed by atoms with van der Waals surface area (Å²) in [6.07, 6.45) is 1.52. The van der Waals surface area contributed by atoms with Crippen LogP contribution in [0.2, 0.25) is 0 Å². The van der Waals surface area contributed by atoms with Gasteiger partial charge in [-0.2, -0.15) is 0 Å². The molecule has 0 aromatic heterocycles. The van der Waals surface area contributed by atoms with Crippen LogP contribution in [0.5, 0.6) is 0 Å². The van der Waals surface area contributed by atoms with Crippen LogP contribution >= 0.6 is 15.9 Å². The van der Waals surface area contributed by atoms with Crippen LogP contribution in [0.4, 0.5) is 0 Å². The minimum absolute atomic E-state index is 0.154. The molecule has 3 nitrogen and oxygen atoms in total. The van der Waals surface area contributed by atoms with Gasteiger partial charge in [0.1, 0.15) is 0 Å². The van der Waals surface area contributed by atoms with Gasteiger partial charge >= 0.3 is 5.97 Å². The smallest absolute Gasteiger partial charge is 0.306 e. The van der Waals surface area contributed by atoms with Crippen LogP contribution in [-0.2, 0) is 4.79 Å².